The minimum atomic E-state index is 0. The lowest BCUT2D eigenvalue weighted by Gasteiger charge is -2.22. The highest BCUT2D eigenvalue weighted by atomic mass is 19.0. The fraction of sp³-hybridized carbons (Fsp3) is 0.429. The third-order valence-corrected chi connectivity index (χ3v) is 4.23. The Balaban J connectivity index is 0. The monoisotopic (exact) mass is 423 g/mol. The normalized spacial score (nSPS) is 9.07. The van der Waals surface area contributed by atoms with Crippen molar-refractivity contribution in [1.82, 2.24) is 0 Å². The van der Waals surface area contributed by atoms with Crippen LogP contribution in [0.3, 0.4) is 0 Å². The van der Waals surface area contributed by atoms with Gasteiger partial charge in [-0.25, -0.2) is 0 Å². The Hall–Kier alpha value is -2.93. The number of halogens is 1. The van der Waals surface area contributed by atoms with Crippen LogP contribution in [-0.2, 0) is 0 Å². The van der Waals surface area contributed by atoms with Crippen LogP contribution in [0.2, 0.25) is 0 Å². The molecule has 9 heteroatoms. The summed E-state index contributed by atoms with van der Waals surface area (Å²) in [5.74, 6) is 5.26. The molecule has 2 rings (SSSR count). The summed E-state index contributed by atoms with van der Waals surface area (Å²) in [5, 5.41) is 26.2. The van der Waals surface area contributed by atoms with E-state index in [-0.39, 0.29) is 25.3 Å². The van der Waals surface area contributed by atoms with Crippen molar-refractivity contribution in [2.24, 2.45) is 5.84 Å². The molecule has 0 spiro atoms. The Labute approximate surface area is 178 Å². The van der Waals surface area contributed by atoms with E-state index in [1.165, 1.54) is 0 Å². The van der Waals surface area contributed by atoms with Gasteiger partial charge in [-0.3, -0.25) is 10.5 Å². The number of aliphatic hydroxyl groups is 2. The van der Waals surface area contributed by atoms with Crippen LogP contribution in [-0.4, -0.2) is 49.6 Å². The first kappa shape index (κ1) is 29.3. The van der Waals surface area contributed by atoms with Crippen LogP contribution in [0.25, 0.3) is 4.98 Å². The maximum absolute atomic E-state index is 8.86. The third-order valence-electron chi connectivity index (χ3n) is 4.23. The molecule has 2 aromatic carbocycles. The lowest BCUT2D eigenvalue weighted by Crippen LogP contribution is -2.26. The van der Waals surface area contributed by atoms with Crippen LogP contribution >= 0.6 is 0 Å². The zero-order chi connectivity index (χ0) is 20.8. The smallest absolute Gasteiger partial charge is 0.385 e. The van der Waals surface area contributed by atoms with Gasteiger partial charge in [0.2, 0.25) is 5.39 Å². The molecule has 0 aliphatic rings. The average Bonchev–Trinajstić information content (AvgIpc) is 2.76. The first-order chi connectivity index (χ1) is 13.6. The highest BCUT2D eigenvalue weighted by Crippen LogP contribution is 2.19. The van der Waals surface area contributed by atoms with Crippen LogP contribution < -0.4 is 21.1 Å². The number of nitrogens with two attached hydrogens (primary N) is 1. The fourth-order valence-corrected chi connectivity index (χ4v) is 2.68. The molecule has 0 saturated carbocycles. The van der Waals surface area contributed by atoms with E-state index in [0.717, 1.165) is 30.2 Å². The summed E-state index contributed by atoms with van der Waals surface area (Å²) in [6, 6.07) is 15.0. The second-order valence-electron chi connectivity index (χ2n) is 5.91. The number of nitrogen functional groups attached to an aromatic ring is 1. The summed E-state index contributed by atoms with van der Waals surface area (Å²) < 4.78 is 0. The van der Waals surface area contributed by atoms with E-state index in [1.807, 2.05) is 48.2 Å². The molecule has 0 aliphatic carbocycles. The van der Waals surface area contributed by atoms with Crippen LogP contribution in [0, 0.1) is 5.39 Å². The molecule has 0 bridgehead atoms. The van der Waals surface area contributed by atoms with Crippen molar-refractivity contribution in [2.75, 3.05) is 54.6 Å². The van der Waals surface area contributed by atoms with Gasteiger partial charge in [-0.1, -0.05) is 7.43 Å². The van der Waals surface area contributed by atoms with Crippen molar-refractivity contribution in [2.45, 2.75) is 21.3 Å². The molecule has 30 heavy (non-hydrogen) atoms. The van der Waals surface area contributed by atoms with Crippen molar-refractivity contribution in [3.05, 3.63) is 53.5 Å². The Morgan fingerprint density at radius 1 is 0.867 bits per heavy atom. The second kappa shape index (κ2) is 17.0. The average molecular weight is 424 g/mol. The lowest BCUT2D eigenvalue weighted by molar-refractivity contribution is 0.302. The van der Waals surface area contributed by atoms with Gasteiger partial charge >= 0.3 is 5.69 Å². The number of hydrogen-bond donors (Lipinski definition) is 4. The number of nitrogens with one attached hydrogen (secondary N) is 1. The second-order valence-corrected chi connectivity index (χ2v) is 5.91. The summed E-state index contributed by atoms with van der Waals surface area (Å²) in [5.41, 5.74) is 6.11. The maximum atomic E-state index is 8.86. The number of aliphatic hydroxyl groups excluding tert-OH is 2. The first-order valence-electron chi connectivity index (χ1n) is 9.36. The number of anilines is 3. The van der Waals surface area contributed by atoms with Crippen molar-refractivity contribution in [3.63, 3.8) is 0 Å². The number of hydrogen-bond acceptors (Lipinski definition) is 7. The van der Waals surface area contributed by atoms with Gasteiger partial charge in [-0.15, -0.1) is 0 Å². The van der Waals surface area contributed by atoms with Crippen molar-refractivity contribution >= 4 is 22.7 Å². The Morgan fingerprint density at radius 2 is 1.27 bits per heavy atom. The minimum absolute atomic E-state index is 0. The zero-order valence-electron chi connectivity index (χ0n) is 17.0. The highest BCUT2D eigenvalue weighted by molar-refractivity contribution is 5.55. The molecule has 168 valence electrons. The van der Waals surface area contributed by atoms with Crippen LogP contribution in [0.1, 0.15) is 21.3 Å². The molecule has 5 N–H and O–H groups in total. The molecule has 0 saturated heterocycles. The Kier molecular flexibility index (Phi) is 16.6. The van der Waals surface area contributed by atoms with Gasteiger partial charge in [-0.05, 0) is 50.2 Å². The highest BCUT2D eigenvalue weighted by Gasteiger charge is 2.07. The van der Waals surface area contributed by atoms with Crippen molar-refractivity contribution < 1.29 is 14.9 Å². The largest absolute Gasteiger partial charge is 0.395 e. The minimum Gasteiger partial charge on any atom is -0.395 e. The van der Waals surface area contributed by atoms with E-state index in [0.29, 0.717) is 18.8 Å². The van der Waals surface area contributed by atoms with Gasteiger partial charge in [0.15, 0.2) is 4.98 Å². The maximum Gasteiger partial charge on any atom is 0.385 e. The molecule has 0 heterocycles. The summed E-state index contributed by atoms with van der Waals surface area (Å²) in [6.45, 7) is 7.40. The molecule has 0 unspecified atom stereocenters. The molecule has 0 aromatic heterocycles. The van der Waals surface area contributed by atoms with E-state index in [4.69, 9.17) is 21.4 Å². The number of nitrogens with zero attached hydrogens (tertiary/aromatic N) is 4. The van der Waals surface area contributed by atoms with Crippen LogP contribution in [0.4, 0.5) is 27.5 Å². The predicted molar refractivity (Wildman–Crippen MR) is 125 cm³/mol. The van der Waals surface area contributed by atoms with Gasteiger partial charge in [0.1, 0.15) is 0 Å². The van der Waals surface area contributed by atoms with E-state index in [1.54, 1.807) is 12.1 Å². The van der Waals surface area contributed by atoms with Gasteiger partial charge < -0.3 is 25.4 Å². The van der Waals surface area contributed by atoms with E-state index in [9.17, 15) is 0 Å². The fourth-order valence-electron chi connectivity index (χ4n) is 2.68. The predicted octanol–water partition coefficient (Wildman–Crippen LogP) is 3.57. The van der Waals surface area contributed by atoms with Crippen molar-refractivity contribution in [3.8, 4) is 0 Å². The molecule has 0 radical (unpaired) electrons. The molecule has 0 amide bonds. The Bertz CT molecular complexity index is 707. The topological polar surface area (TPSA) is 113 Å². The molecule has 2 aromatic rings. The summed E-state index contributed by atoms with van der Waals surface area (Å²) in [4.78, 5) is 7.22. The SMILES string of the molecule is C.CCN(CCO)c1ccc(NN)cc1.CCN(CCO)c1ccc([N+]#N)cc1.F. The van der Waals surface area contributed by atoms with E-state index < -0.39 is 0 Å². The standard InChI is InChI=1S/C10H17N3O.C10H14N3O.CH4.FH/c2*1-2-13(7-8-14)10-5-3-9(12-11)4-6-10;;/h3-6,12,14H,2,7-8,11H2,1H3;3-6,14H,2,7-8H2,1H3;1H4;1H/q;+1;;. The molecule has 8 nitrogen and oxygen atoms in total. The van der Waals surface area contributed by atoms with Gasteiger partial charge in [0, 0.05) is 55.4 Å². The number of hydrazine groups is 1. The molecule has 0 atom stereocenters. The molecule has 0 fully saturated rings. The van der Waals surface area contributed by atoms with Crippen molar-refractivity contribution in [1.29, 1.82) is 5.39 Å². The third kappa shape index (κ3) is 9.52. The summed E-state index contributed by atoms with van der Waals surface area (Å²) in [6.07, 6.45) is 0. The lowest BCUT2D eigenvalue weighted by atomic mass is 10.2. The van der Waals surface area contributed by atoms with Gasteiger partial charge in [-0.2, -0.15) is 0 Å². The van der Waals surface area contributed by atoms with Gasteiger partial charge in [0.05, 0.1) is 13.2 Å². The Morgan fingerprint density at radius 3 is 1.57 bits per heavy atom. The number of benzene rings is 2. The molecule has 0 aliphatic heterocycles. The molecular weight excluding hydrogens is 387 g/mol. The zero-order valence-corrected chi connectivity index (χ0v) is 17.0. The first-order valence-corrected chi connectivity index (χ1v) is 9.36. The summed E-state index contributed by atoms with van der Waals surface area (Å²) >= 11 is 0. The number of likely N-dealkylation sites (N-methyl/N-ethyl adjacent to an activating group) is 2. The molecular formula is C21H36FN6O2+. The summed E-state index contributed by atoms with van der Waals surface area (Å²) in [7, 11) is 0. The number of diazo groups is 1. The van der Waals surface area contributed by atoms with Crippen LogP contribution in [0.5, 0.6) is 0 Å². The van der Waals surface area contributed by atoms with E-state index >= 15 is 0 Å². The number of rotatable bonds is 9. The quantitative estimate of drug-likeness (QED) is 0.277. The van der Waals surface area contributed by atoms with Crippen LogP contribution in [0.15, 0.2) is 48.5 Å². The van der Waals surface area contributed by atoms with E-state index in [2.05, 4.69) is 22.2 Å². The van der Waals surface area contributed by atoms with Gasteiger partial charge in [0.25, 0.3) is 0 Å².